The molecule has 0 amide bonds. The van der Waals surface area contributed by atoms with Crippen molar-refractivity contribution < 1.29 is 4.74 Å². The van der Waals surface area contributed by atoms with Crippen LogP contribution in [-0.4, -0.2) is 30.5 Å². The van der Waals surface area contributed by atoms with Crippen LogP contribution in [0.1, 0.15) is 17.3 Å². The Morgan fingerprint density at radius 3 is 2.75 bits per heavy atom. The first kappa shape index (κ1) is 15.0. The maximum atomic E-state index is 6.30. The van der Waals surface area contributed by atoms with Gasteiger partial charge in [0.25, 0.3) is 0 Å². The summed E-state index contributed by atoms with van der Waals surface area (Å²) in [5.74, 6) is 0. The number of likely N-dealkylation sites (N-methyl/N-ethyl adjacent to an activating group) is 1. The third-order valence-electron chi connectivity index (χ3n) is 3.30. The predicted molar refractivity (Wildman–Crippen MR) is 81.1 cm³/mol. The van der Waals surface area contributed by atoms with E-state index in [1.165, 1.54) is 5.56 Å². The molecule has 1 atom stereocenters. The van der Waals surface area contributed by atoms with Gasteiger partial charge >= 0.3 is 0 Å². The number of methoxy groups -OCH3 is 1. The SMILES string of the molecule is CNC(Cc1ccccc1)c1c(Cl)cnn1CCOC. The fraction of sp³-hybridized carbons (Fsp3) is 0.400. The maximum Gasteiger partial charge on any atom is 0.0834 e. The number of halogens is 1. The van der Waals surface area contributed by atoms with Gasteiger partial charge in [0.2, 0.25) is 0 Å². The molecule has 2 rings (SSSR count). The van der Waals surface area contributed by atoms with Crippen LogP contribution in [0.3, 0.4) is 0 Å². The lowest BCUT2D eigenvalue weighted by Gasteiger charge is -2.19. The van der Waals surface area contributed by atoms with Crippen LogP contribution in [0.5, 0.6) is 0 Å². The van der Waals surface area contributed by atoms with Gasteiger partial charge in [0.15, 0.2) is 0 Å². The highest BCUT2D eigenvalue weighted by atomic mass is 35.5. The number of hydrogen-bond donors (Lipinski definition) is 1. The zero-order chi connectivity index (χ0) is 14.4. The average Bonchev–Trinajstić information content (AvgIpc) is 2.84. The van der Waals surface area contributed by atoms with Crippen LogP contribution < -0.4 is 5.32 Å². The molecular weight excluding hydrogens is 274 g/mol. The van der Waals surface area contributed by atoms with E-state index in [2.05, 4.69) is 22.5 Å². The number of nitrogens with zero attached hydrogens (tertiary/aromatic N) is 2. The number of hydrogen-bond acceptors (Lipinski definition) is 3. The Morgan fingerprint density at radius 1 is 1.35 bits per heavy atom. The van der Waals surface area contributed by atoms with Gasteiger partial charge in [-0.25, -0.2) is 0 Å². The van der Waals surface area contributed by atoms with E-state index in [1.54, 1.807) is 13.3 Å². The van der Waals surface area contributed by atoms with Crippen molar-refractivity contribution in [2.24, 2.45) is 0 Å². The fourth-order valence-electron chi connectivity index (χ4n) is 2.26. The minimum atomic E-state index is 0.129. The first-order chi connectivity index (χ1) is 9.76. The molecule has 5 heteroatoms. The predicted octanol–water partition coefficient (Wildman–Crippen LogP) is 2.69. The Morgan fingerprint density at radius 2 is 2.10 bits per heavy atom. The highest BCUT2D eigenvalue weighted by molar-refractivity contribution is 6.31. The first-order valence-corrected chi connectivity index (χ1v) is 7.05. The summed E-state index contributed by atoms with van der Waals surface area (Å²) in [5.41, 5.74) is 2.28. The van der Waals surface area contributed by atoms with Crippen molar-refractivity contribution in [1.82, 2.24) is 15.1 Å². The number of benzene rings is 1. The summed E-state index contributed by atoms with van der Waals surface area (Å²) in [6.07, 6.45) is 2.57. The number of aromatic nitrogens is 2. The molecule has 0 fully saturated rings. The van der Waals surface area contributed by atoms with Crippen molar-refractivity contribution in [3.8, 4) is 0 Å². The van der Waals surface area contributed by atoms with Crippen LogP contribution in [0.2, 0.25) is 5.02 Å². The molecule has 1 aromatic heterocycles. The van der Waals surface area contributed by atoms with E-state index < -0.39 is 0 Å². The van der Waals surface area contributed by atoms with Gasteiger partial charge in [-0.05, 0) is 19.0 Å². The van der Waals surface area contributed by atoms with Crippen molar-refractivity contribution >= 4 is 11.6 Å². The first-order valence-electron chi connectivity index (χ1n) is 6.67. The van der Waals surface area contributed by atoms with Crippen molar-refractivity contribution in [2.45, 2.75) is 19.0 Å². The van der Waals surface area contributed by atoms with Gasteiger partial charge in [-0.1, -0.05) is 41.9 Å². The van der Waals surface area contributed by atoms with Crippen molar-refractivity contribution in [1.29, 1.82) is 0 Å². The molecule has 1 heterocycles. The van der Waals surface area contributed by atoms with Gasteiger partial charge in [-0.2, -0.15) is 5.10 Å². The van der Waals surface area contributed by atoms with Gasteiger partial charge in [0.05, 0.1) is 36.1 Å². The smallest absolute Gasteiger partial charge is 0.0834 e. The average molecular weight is 294 g/mol. The molecule has 0 bridgehead atoms. The molecule has 0 saturated carbocycles. The van der Waals surface area contributed by atoms with Crippen LogP contribution >= 0.6 is 11.6 Å². The van der Waals surface area contributed by atoms with E-state index in [0.717, 1.165) is 12.1 Å². The van der Waals surface area contributed by atoms with E-state index in [4.69, 9.17) is 16.3 Å². The molecule has 0 aliphatic heterocycles. The van der Waals surface area contributed by atoms with Crippen molar-refractivity contribution in [3.05, 3.63) is 52.8 Å². The largest absolute Gasteiger partial charge is 0.383 e. The van der Waals surface area contributed by atoms with Crippen LogP contribution in [-0.2, 0) is 17.7 Å². The third kappa shape index (κ3) is 3.60. The molecule has 2 aromatic rings. The van der Waals surface area contributed by atoms with E-state index in [9.17, 15) is 0 Å². The number of ether oxygens (including phenoxy) is 1. The van der Waals surface area contributed by atoms with Crippen LogP contribution in [0.25, 0.3) is 0 Å². The van der Waals surface area contributed by atoms with E-state index in [0.29, 0.717) is 18.2 Å². The van der Waals surface area contributed by atoms with Crippen LogP contribution in [0, 0.1) is 0 Å². The second kappa shape index (κ2) is 7.43. The standard InChI is InChI=1S/C15H20ClN3O/c1-17-14(10-12-6-4-3-5-7-12)15-13(16)11-18-19(15)8-9-20-2/h3-7,11,14,17H,8-10H2,1-2H3. The zero-order valence-corrected chi connectivity index (χ0v) is 12.6. The maximum absolute atomic E-state index is 6.30. The lowest BCUT2D eigenvalue weighted by atomic mass is 10.0. The van der Waals surface area contributed by atoms with Gasteiger partial charge in [0, 0.05) is 7.11 Å². The summed E-state index contributed by atoms with van der Waals surface area (Å²) in [6, 6.07) is 10.5. The Bertz CT molecular complexity index is 527. The molecule has 0 aliphatic carbocycles. The minimum Gasteiger partial charge on any atom is -0.383 e. The molecule has 4 nitrogen and oxygen atoms in total. The second-order valence-corrected chi connectivity index (χ2v) is 5.03. The van der Waals surface area contributed by atoms with Crippen LogP contribution in [0.15, 0.2) is 36.5 Å². The van der Waals surface area contributed by atoms with E-state index in [1.807, 2.05) is 29.9 Å². The summed E-state index contributed by atoms with van der Waals surface area (Å²) in [4.78, 5) is 0. The number of rotatable bonds is 7. The summed E-state index contributed by atoms with van der Waals surface area (Å²) < 4.78 is 7.03. The Hall–Kier alpha value is -1.36. The Balaban J connectivity index is 2.20. The van der Waals surface area contributed by atoms with E-state index in [-0.39, 0.29) is 6.04 Å². The molecule has 1 N–H and O–H groups in total. The summed E-state index contributed by atoms with van der Waals surface area (Å²) >= 11 is 6.30. The van der Waals surface area contributed by atoms with Gasteiger partial charge in [-0.3, -0.25) is 4.68 Å². The number of nitrogens with one attached hydrogen (secondary N) is 1. The minimum absolute atomic E-state index is 0.129. The summed E-state index contributed by atoms with van der Waals surface area (Å²) in [7, 11) is 3.63. The second-order valence-electron chi connectivity index (χ2n) is 4.62. The molecule has 0 saturated heterocycles. The van der Waals surface area contributed by atoms with Crippen LogP contribution in [0.4, 0.5) is 0 Å². The lowest BCUT2D eigenvalue weighted by Crippen LogP contribution is -2.23. The molecule has 108 valence electrons. The molecule has 0 radical (unpaired) electrons. The molecule has 1 unspecified atom stereocenters. The Kier molecular flexibility index (Phi) is 5.59. The molecular formula is C15H20ClN3O. The molecule has 1 aromatic carbocycles. The molecule has 0 aliphatic rings. The van der Waals surface area contributed by atoms with Gasteiger partial charge in [0.1, 0.15) is 0 Å². The highest BCUT2D eigenvalue weighted by Crippen LogP contribution is 2.25. The van der Waals surface area contributed by atoms with Crippen molar-refractivity contribution in [3.63, 3.8) is 0 Å². The van der Waals surface area contributed by atoms with Crippen molar-refractivity contribution in [2.75, 3.05) is 20.8 Å². The lowest BCUT2D eigenvalue weighted by molar-refractivity contribution is 0.181. The summed E-state index contributed by atoms with van der Waals surface area (Å²) in [5, 5.41) is 8.34. The monoisotopic (exact) mass is 293 g/mol. The van der Waals surface area contributed by atoms with Gasteiger partial charge < -0.3 is 10.1 Å². The Labute approximate surface area is 124 Å². The normalized spacial score (nSPS) is 12.6. The highest BCUT2D eigenvalue weighted by Gasteiger charge is 2.19. The topological polar surface area (TPSA) is 39.1 Å². The van der Waals surface area contributed by atoms with E-state index >= 15 is 0 Å². The van der Waals surface area contributed by atoms with Gasteiger partial charge in [-0.15, -0.1) is 0 Å². The quantitative estimate of drug-likeness (QED) is 0.853. The zero-order valence-electron chi connectivity index (χ0n) is 11.8. The molecule has 20 heavy (non-hydrogen) atoms. The third-order valence-corrected chi connectivity index (χ3v) is 3.59. The summed E-state index contributed by atoms with van der Waals surface area (Å²) in [6.45, 7) is 1.32. The fourth-order valence-corrected chi connectivity index (χ4v) is 2.53. The molecule has 0 spiro atoms.